The summed E-state index contributed by atoms with van der Waals surface area (Å²) in [4.78, 5) is 11.5. The Bertz CT molecular complexity index is 862. The number of H-pyrrole nitrogens is 1. The predicted octanol–water partition coefficient (Wildman–Crippen LogP) is 3.08. The van der Waals surface area contributed by atoms with Crippen LogP contribution in [0.3, 0.4) is 0 Å². The van der Waals surface area contributed by atoms with Crippen molar-refractivity contribution in [2.45, 2.75) is 20.8 Å². The summed E-state index contributed by atoms with van der Waals surface area (Å²) in [5.74, 6) is 1.24. The molecule has 140 valence electrons. The predicted molar refractivity (Wildman–Crippen MR) is 108 cm³/mol. The minimum atomic E-state index is -0.429. The first-order valence-electron chi connectivity index (χ1n) is 7.89. The molecule has 0 spiro atoms. The lowest BCUT2D eigenvalue weighted by atomic mass is 10.2. The first-order chi connectivity index (χ1) is 12.5. The average molecular weight is 490 g/mol. The Hall–Kier alpha value is -1.95. The second-order valence-electron chi connectivity index (χ2n) is 4.99. The van der Waals surface area contributed by atoms with Gasteiger partial charge in [-0.2, -0.15) is 14.9 Å². The first kappa shape index (κ1) is 20.4. The summed E-state index contributed by atoms with van der Waals surface area (Å²) in [6.07, 6.45) is 1.65. The van der Waals surface area contributed by atoms with Crippen LogP contribution in [0.5, 0.6) is 11.5 Å². The van der Waals surface area contributed by atoms with E-state index in [2.05, 4.69) is 37.9 Å². The molecule has 26 heavy (non-hydrogen) atoms. The highest BCUT2D eigenvalue weighted by Crippen LogP contribution is 2.34. The molecule has 10 heteroatoms. The molecule has 1 aromatic heterocycles. The van der Waals surface area contributed by atoms with Gasteiger partial charge in [-0.15, -0.1) is 0 Å². The van der Waals surface area contributed by atoms with E-state index in [1.807, 2.05) is 13.0 Å². The van der Waals surface area contributed by atoms with E-state index in [9.17, 15) is 4.79 Å². The second kappa shape index (κ2) is 9.67. The molecule has 0 bridgehead atoms. The van der Waals surface area contributed by atoms with Crippen LogP contribution in [-0.2, 0) is 9.53 Å². The van der Waals surface area contributed by atoms with Crippen molar-refractivity contribution in [2.75, 3.05) is 19.8 Å². The lowest BCUT2D eigenvalue weighted by Crippen LogP contribution is -2.15. The maximum absolute atomic E-state index is 11.5. The Balaban J connectivity index is 2.27. The highest BCUT2D eigenvalue weighted by molar-refractivity contribution is 14.1. The lowest BCUT2D eigenvalue weighted by molar-refractivity contribution is -0.145. The molecule has 0 radical (unpaired) electrons. The molecule has 0 amide bonds. The number of rotatable bonds is 8. The quantitative estimate of drug-likeness (QED) is 0.265. The number of hydrogen-bond acceptors (Lipinski definition) is 7. The third-order valence-electron chi connectivity index (χ3n) is 3.11. The summed E-state index contributed by atoms with van der Waals surface area (Å²) in [5, 5.41) is 11.0. The second-order valence-corrected chi connectivity index (χ2v) is 6.54. The van der Waals surface area contributed by atoms with E-state index in [1.165, 1.54) is 4.68 Å². The molecular weight excluding hydrogens is 471 g/mol. The Labute approximate surface area is 169 Å². The minimum absolute atomic E-state index is 0.180. The number of carbonyl (C=O) groups is 1. The molecule has 0 unspecified atom stereocenters. The van der Waals surface area contributed by atoms with Crippen LogP contribution in [0.1, 0.15) is 25.2 Å². The zero-order valence-electron chi connectivity index (χ0n) is 14.6. The van der Waals surface area contributed by atoms with Crippen molar-refractivity contribution in [1.29, 1.82) is 0 Å². The molecule has 2 aromatic rings. The van der Waals surface area contributed by atoms with Crippen LogP contribution in [-0.4, -0.2) is 46.9 Å². The number of esters is 1. The van der Waals surface area contributed by atoms with Crippen molar-refractivity contribution in [3.8, 4) is 11.5 Å². The van der Waals surface area contributed by atoms with Crippen LogP contribution in [0.25, 0.3) is 0 Å². The van der Waals surface area contributed by atoms with Gasteiger partial charge >= 0.3 is 5.97 Å². The molecule has 1 aromatic carbocycles. The summed E-state index contributed by atoms with van der Waals surface area (Å²) in [7, 11) is 0. The van der Waals surface area contributed by atoms with Gasteiger partial charge in [0, 0.05) is 0 Å². The van der Waals surface area contributed by atoms with Crippen LogP contribution in [0.15, 0.2) is 17.2 Å². The summed E-state index contributed by atoms with van der Waals surface area (Å²) < 4.78 is 18.8. The molecule has 1 N–H and O–H groups in total. The standard InChI is InChI=1S/C16H19IN4O4S/c1-4-23-13-7-11(8-18-21-10(3)19-20-16(21)26)6-12(17)15(13)25-9-14(22)24-5-2/h6-8H,4-5,9H2,1-3H3,(H,20,26)/b18-8-. The average Bonchev–Trinajstić information content (AvgIpc) is 2.91. The van der Waals surface area contributed by atoms with Crippen LogP contribution in [0.2, 0.25) is 0 Å². The van der Waals surface area contributed by atoms with Crippen molar-refractivity contribution in [3.05, 3.63) is 31.9 Å². The number of nitrogens with one attached hydrogen (secondary N) is 1. The third kappa shape index (κ3) is 5.27. The molecule has 0 fully saturated rings. The SMILES string of the molecule is CCOC(=O)COc1c(I)cc(/C=N\n2c(C)n[nH]c2=S)cc1OCC. The topological polar surface area (TPSA) is 90.7 Å². The van der Waals surface area contributed by atoms with Gasteiger partial charge in [0.25, 0.3) is 0 Å². The molecule has 0 saturated carbocycles. The first-order valence-corrected chi connectivity index (χ1v) is 9.38. The van der Waals surface area contributed by atoms with Crippen LogP contribution in [0, 0.1) is 15.3 Å². The van der Waals surface area contributed by atoms with Gasteiger partial charge in [-0.05, 0) is 73.3 Å². The monoisotopic (exact) mass is 490 g/mol. The van der Waals surface area contributed by atoms with E-state index in [1.54, 1.807) is 26.1 Å². The number of hydrogen-bond donors (Lipinski definition) is 1. The molecule has 0 aliphatic rings. The Morgan fingerprint density at radius 2 is 2.15 bits per heavy atom. The van der Waals surface area contributed by atoms with E-state index in [0.717, 1.165) is 9.13 Å². The summed E-state index contributed by atoms with van der Waals surface area (Å²) in [5.41, 5.74) is 0.795. The minimum Gasteiger partial charge on any atom is -0.490 e. The van der Waals surface area contributed by atoms with Gasteiger partial charge in [0.05, 0.1) is 23.0 Å². The number of nitrogens with zero attached hydrogens (tertiary/aromatic N) is 3. The van der Waals surface area contributed by atoms with E-state index < -0.39 is 5.97 Å². The summed E-state index contributed by atoms with van der Waals surface area (Å²) in [6, 6.07) is 3.65. The fourth-order valence-corrected chi connectivity index (χ4v) is 3.04. The van der Waals surface area contributed by atoms with Crippen LogP contribution >= 0.6 is 34.8 Å². The molecule has 0 atom stereocenters. The molecule has 0 aliphatic heterocycles. The molecule has 8 nitrogen and oxygen atoms in total. The van der Waals surface area contributed by atoms with Crippen molar-refractivity contribution in [3.63, 3.8) is 0 Å². The van der Waals surface area contributed by atoms with E-state index in [4.69, 9.17) is 26.4 Å². The van der Waals surface area contributed by atoms with E-state index in [0.29, 0.717) is 35.3 Å². The molecule has 2 rings (SSSR count). The number of halogens is 1. The Kier molecular flexibility index (Phi) is 7.57. The van der Waals surface area contributed by atoms with Crippen LogP contribution in [0.4, 0.5) is 0 Å². The van der Waals surface area contributed by atoms with Crippen molar-refractivity contribution >= 4 is 47.0 Å². The molecular formula is C16H19IN4O4S. The number of carbonyl (C=O) groups excluding carboxylic acids is 1. The van der Waals surface area contributed by atoms with Gasteiger partial charge in [0.2, 0.25) is 4.77 Å². The van der Waals surface area contributed by atoms with E-state index in [-0.39, 0.29) is 6.61 Å². The number of ether oxygens (including phenoxy) is 3. The highest BCUT2D eigenvalue weighted by atomic mass is 127. The van der Waals surface area contributed by atoms with Gasteiger partial charge in [0.1, 0.15) is 5.82 Å². The van der Waals surface area contributed by atoms with Gasteiger partial charge < -0.3 is 14.2 Å². The largest absolute Gasteiger partial charge is 0.490 e. The maximum Gasteiger partial charge on any atom is 0.344 e. The zero-order chi connectivity index (χ0) is 19.1. The summed E-state index contributed by atoms with van der Waals surface area (Å²) >= 11 is 7.25. The summed E-state index contributed by atoms with van der Waals surface area (Å²) in [6.45, 7) is 6.00. The number of aryl methyl sites for hydroxylation is 1. The van der Waals surface area contributed by atoms with Gasteiger partial charge in [-0.1, -0.05) is 0 Å². The van der Waals surface area contributed by atoms with Crippen molar-refractivity contribution in [1.82, 2.24) is 14.9 Å². The number of aromatic amines is 1. The van der Waals surface area contributed by atoms with E-state index >= 15 is 0 Å². The van der Waals surface area contributed by atoms with Gasteiger partial charge in [-0.3, -0.25) is 5.10 Å². The Morgan fingerprint density at radius 3 is 2.77 bits per heavy atom. The Morgan fingerprint density at radius 1 is 1.38 bits per heavy atom. The van der Waals surface area contributed by atoms with Gasteiger partial charge in [0.15, 0.2) is 18.1 Å². The fraction of sp³-hybridized carbons (Fsp3) is 0.375. The lowest BCUT2D eigenvalue weighted by Gasteiger charge is -2.14. The molecule has 0 aliphatic carbocycles. The fourth-order valence-electron chi connectivity index (χ4n) is 2.03. The normalized spacial score (nSPS) is 10.9. The number of aromatic nitrogens is 3. The highest BCUT2D eigenvalue weighted by Gasteiger charge is 2.14. The maximum atomic E-state index is 11.5. The molecule has 1 heterocycles. The smallest absolute Gasteiger partial charge is 0.344 e. The van der Waals surface area contributed by atoms with Crippen molar-refractivity contribution in [2.24, 2.45) is 5.10 Å². The zero-order valence-corrected chi connectivity index (χ0v) is 17.6. The third-order valence-corrected chi connectivity index (χ3v) is 4.17. The van der Waals surface area contributed by atoms with Crippen LogP contribution < -0.4 is 9.47 Å². The van der Waals surface area contributed by atoms with Gasteiger partial charge in [-0.25, -0.2) is 4.79 Å². The number of benzene rings is 1. The molecule has 0 saturated heterocycles. The van der Waals surface area contributed by atoms with Crippen molar-refractivity contribution < 1.29 is 19.0 Å².